The van der Waals surface area contributed by atoms with Crippen LogP contribution >= 0.6 is 0 Å². The van der Waals surface area contributed by atoms with Crippen molar-refractivity contribution in [3.63, 3.8) is 0 Å². The number of rotatable bonds is 4. The van der Waals surface area contributed by atoms with Crippen molar-refractivity contribution in [2.24, 2.45) is 11.8 Å². The van der Waals surface area contributed by atoms with Crippen LogP contribution in [0.15, 0.2) is 12.1 Å². The molecular formula is C13H21FN2. The minimum Gasteiger partial charge on any atom is -0.271 e. The van der Waals surface area contributed by atoms with Crippen LogP contribution in [-0.4, -0.2) is 0 Å². The smallest absolute Gasteiger partial charge is 0.128 e. The van der Waals surface area contributed by atoms with Gasteiger partial charge in [0.1, 0.15) is 5.82 Å². The highest BCUT2D eigenvalue weighted by Crippen LogP contribution is 2.27. The van der Waals surface area contributed by atoms with Crippen LogP contribution in [0.5, 0.6) is 0 Å². The van der Waals surface area contributed by atoms with Crippen molar-refractivity contribution in [3.8, 4) is 0 Å². The van der Waals surface area contributed by atoms with Crippen LogP contribution < -0.4 is 11.3 Å². The second kappa shape index (κ2) is 5.41. The Hall–Kier alpha value is -0.930. The molecule has 0 saturated carbocycles. The molecule has 0 saturated heterocycles. The molecule has 1 aromatic carbocycles. The lowest BCUT2D eigenvalue weighted by Crippen LogP contribution is -2.30. The number of halogens is 1. The molecule has 1 aromatic rings. The highest BCUT2D eigenvalue weighted by atomic mass is 19.1. The fourth-order valence-corrected chi connectivity index (χ4v) is 2.11. The largest absolute Gasteiger partial charge is 0.271 e. The Morgan fingerprint density at radius 2 is 1.94 bits per heavy atom. The molecule has 0 aliphatic carbocycles. The van der Waals surface area contributed by atoms with Crippen molar-refractivity contribution >= 4 is 0 Å². The van der Waals surface area contributed by atoms with Gasteiger partial charge in [-0.05, 0) is 43.4 Å². The Labute approximate surface area is 97.0 Å². The van der Waals surface area contributed by atoms with Crippen LogP contribution in [0.25, 0.3) is 0 Å². The van der Waals surface area contributed by atoms with Gasteiger partial charge in [-0.3, -0.25) is 11.3 Å². The number of nitrogens with two attached hydrogens (primary N) is 1. The molecule has 1 unspecified atom stereocenters. The van der Waals surface area contributed by atoms with Crippen molar-refractivity contribution in [2.75, 3.05) is 0 Å². The molecule has 1 rings (SSSR count). The normalized spacial score (nSPS) is 13.2. The maximum absolute atomic E-state index is 13.9. The minimum atomic E-state index is -0.166. The van der Waals surface area contributed by atoms with E-state index < -0.39 is 0 Å². The summed E-state index contributed by atoms with van der Waals surface area (Å²) in [4.78, 5) is 0. The van der Waals surface area contributed by atoms with Crippen LogP contribution in [0.3, 0.4) is 0 Å². The fraction of sp³-hybridized carbons (Fsp3) is 0.538. The zero-order valence-corrected chi connectivity index (χ0v) is 10.5. The van der Waals surface area contributed by atoms with Gasteiger partial charge in [-0.1, -0.05) is 19.9 Å². The van der Waals surface area contributed by atoms with Gasteiger partial charge in [0, 0.05) is 11.6 Å². The third kappa shape index (κ3) is 3.03. The Balaban J connectivity index is 3.09. The summed E-state index contributed by atoms with van der Waals surface area (Å²) in [5, 5.41) is 0. The molecule has 16 heavy (non-hydrogen) atoms. The molecule has 0 amide bonds. The highest BCUT2D eigenvalue weighted by molar-refractivity contribution is 5.34. The van der Waals surface area contributed by atoms with Gasteiger partial charge in [0.15, 0.2) is 0 Å². The number of nitrogens with one attached hydrogen (secondary N) is 1. The van der Waals surface area contributed by atoms with Gasteiger partial charge in [-0.25, -0.2) is 4.39 Å². The van der Waals surface area contributed by atoms with Crippen molar-refractivity contribution in [1.82, 2.24) is 5.43 Å². The summed E-state index contributed by atoms with van der Waals surface area (Å²) in [5.74, 6) is 5.82. The van der Waals surface area contributed by atoms with Gasteiger partial charge in [0.2, 0.25) is 0 Å². The summed E-state index contributed by atoms with van der Waals surface area (Å²) in [5.41, 5.74) is 5.31. The summed E-state index contributed by atoms with van der Waals surface area (Å²) in [7, 11) is 0. The molecule has 0 radical (unpaired) electrons. The van der Waals surface area contributed by atoms with E-state index in [1.54, 1.807) is 6.07 Å². The summed E-state index contributed by atoms with van der Waals surface area (Å²) >= 11 is 0. The zero-order chi connectivity index (χ0) is 12.3. The van der Waals surface area contributed by atoms with E-state index in [9.17, 15) is 4.39 Å². The molecule has 2 nitrogen and oxygen atoms in total. The van der Waals surface area contributed by atoms with Crippen LogP contribution in [0, 0.1) is 25.6 Å². The van der Waals surface area contributed by atoms with Gasteiger partial charge in [0.05, 0.1) is 0 Å². The molecule has 0 aliphatic heterocycles. The maximum atomic E-state index is 13.9. The van der Waals surface area contributed by atoms with Gasteiger partial charge < -0.3 is 0 Å². The van der Waals surface area contributed by atoms with E-state index in [4.69, 9.17) is 5.84 Å². The van der Waals surface area contributed by atoms with Gasteiger partial charge in [0.25, 0.3) is 0 Å². The van der Waals surface area contributed by atoms with E-state index in [1.807, 2.05) is 19.9 Å². The monoisotopic (exact) mass is 224 g/mol. The lowest BCUT2D eigenvalue weighted by Gasteiger charge is -2.21. The number of hydrazine groups is 1. The molecule has 0 aliphatic rings. The van der Waals surface area contributed by atoms with Crippen molar-refractivity contribution < 1.29 is 4.39 Å². The molecule has 0 spiro atoms. The quantitative estimate of drug-likeness (QED) is 0.609. The molecular weight excluding hydrogens is 203 g/mol. The third-order valence-electron chi connectivity index (χ3n) is 2.74. The van der Waals surface area contributed by atoms with E-state index in [-0.39, 0.29) is 11.9 Å². The van der Waals surface area contributed by atoms with Gasteiger partial charge >= 0.3 is 0 Å². The fourth-order valence-electron chi connectivity index (χ4n) is 2.11. The number of hydrogen-bond acceptors (Lipinski definition) is 2. The molecule has 0 heterocycles. The predicted octanol–water partition coefficient (Wildman–Crippen LogP) is 2.99. The van der Waals surface area contributed by atoms with Crippen LogP contribution in [-0.2, 0) is 0 Å². The van der Waals surface area contributed by atoms with Gasteiger partial charge in [-0.15, -0.1) is 0 Å². The average Bonchev–Trinajstić information content (AvgIpc) is 2.13. The molecule has 0 fully saturated rings. The van der Waals surface area contributed by atoms with E-state index in [0.717, 1.165) is 17.5 Å². The topological polar surface area (TPSA) is 38.0 Å². The van der Waals surface area contributed by atoms with Crippen LogP contribution in [0.4, 0.5) is 4.39 Å². The summed E-state index contributed by atoms with van der Waals surface area (Å²) in [6, 6.07) is 3.44. The van der Waals surface area contributed by atoms with Crippen LogP contribution in [0.2, 0.25) is 0 Å². The maximum Gasteiger partial charge on any atom is 0.128 e. The number of benzene rings is 1. The molecule has 3 heteroatoms. The third-order valence-corrected chi connectivity index (χ3v) is 2.74. The first-order valence-corrected chi connectivity index (χ1v) is 5.68. The first kappa shape index (κ1) is 13.1. The summed E-state index contributed by atoms with van der Waals surface area (Å²) in [6.07, 6.45) is 0.831. The van der Waals surface area contributed by atoms with E-state index in [1.165, 1.54) is 0 Å². The average molecular weight is 224 g/mol. The highest BCUT2D eigenvalue weighted by Gasteiger charge is 2.18. The van der Waals surface area contributed by atoms with E-state index in [2.05, 4.69) is 19.3 Å². The molecule has 1 atom stereocenters. The Morgan fingerprint density at radius 1 is 1.31 bits per heavy atom. The lowest BCUT2D eigenvalue weighted by atomic mass is 9.93. The van der Waals surface area contributed by atoms with Crippen molar-refractivity contribution in [1.29, 1.82) is 0 Å². The zero-order valence-electron chi connectivity index (χ0n) is 10.5. The SMILES string of the molecule is Cc1cc(C)c(C(CC(C)C)NN)c(F)c1. The Morgan fingerprint density at radius 3 is 2.38 bits per heavy atom. The van der Waals surface area contributed by atoms with Crippen molar-refractivity contribution in [2.45, 2.75) is 40.2 Å². The van der Waals surface area contributed by atoms with Crippen LogP contribution in [0.1, 0.15) is 43.0 Å². The molecule has 3 N–H and O–H groups in total. The predicted molar refractivity (Wildman–Crippen MR) is 65.4 cm³/mol. The summed E-state index contributed by atoms with van der Waals surface area (Å²) in [6.45, 7) is 8.03. The second-order valence-electron chi connectivity index (χ2n) is 4.83. The molecule has 90 valence electrons. The lowest BCUT2D eigenvalue weighted by molar-refractivity contribution is 0.421. The van der Waals surface area contributed by atoms with Gasteiger partial charge in [-0.2, -0.15) is 0 Å². The standard InChI is InChI=1S/C13H21FN2/c1-8(2)5-12(16-15)13-10(4)6-9(3)7-11(13)14/h6-8,12,16H,5,15H2,1-4H3. The Bertz CT molecular complexity index is 338. The first-order valence-electron chi connectivity index (χ1n) is 5.68. The number of hydrogen-bond donors (Lipinski definition) is 2. The molecule has 0 bridgehead atoms. The second-order valence-corrected chi connectivity index (χ2v) is 4.83. The minimum absolute atomic E-state index is 0.111. The van der Waals surface area contributed by atoms with E-state index in [0.29, 0.717) is 11.5 Å². The number of aryl methyl sites for hydroxylation is 2. The van der Waals surface area contributed by atoms with E-state index >= 15 is 0 Å². The van der Waals surface area contributed by atoms with Crippen molar-refractivity contribution in [3.05, 3.63) is 34.6 Å². The first-order chi connectivity index (χ1) is 7.45. The Kier molecular flexibility index (Phi) is 4.44. The molecule has 0 aromatic heterocycles. The summed E-state index contributed by atoms with van der Waals surface area (Å²) < 4.78 is 13.9.